The molecule has 0 radical (unpaired) electrons. The van der Waals surface area contributed by atoms with Crippen LogP contribution in [-0.4, -0.2) is 36.1 Å². The largest absolute Gasteiger partial charge is 0.481 e. The van der Waals surface area contributed by atoms with Gasteiger partial charge in [-0.05, 0) is 19.8 Å². The first-order valence-electron chi connectivity index (χ1n) is 6.10. The van der Waals surface area contributed by atoms with Gasteiger partial charge in [-0.25, -0.2) is 4.98 Å². The molecule has 2 N–H and O–H groups in total. The molecule has 0 unspecified atom stereocenters. The number of nitrogens with zero attached hydrogens (tertiary/aromatic N) is 2. The van der Waals surface area contributed by atoms with Crippen LogP contribution in [0.25, 0.3) is 0 Å². The van der Waals surface area contributed by atoms with Crippen LogP contribution in [0.4, 0.5) is 5.82 Å². The number of carbonyl (C=O) groups excluding carboxylic acids is 1. The second kappa shape index (κ2) is 5.66. The maximum atomic E-state index is 11.4. The van der Waals surface area contributed by atoms with Crippen molar-refractivity contribution < 1.29 is 9.53 Å². The van der Waals surface area contributed by atoms with Gasteiger partial charge in [0.1, 0.15) is 11.6 Å². The van der Waals surface area contributed by atoms with Crippen molar-refractivity contribution in [1.29, 1.82) is 0 Å². The minimum Gasteiger partial charge on any atom is -0.481 e. The van der Waals surface area contributed by atoms with Crippen LogP contribution in [0.2, 0.25) is 0 Å². The van der Waals surface area contributed by atoms with Gasteiger partial charge in [0.05, 0.1) is 7.11 Å². The zero-order valence-corrected chi connectivity index (χ0v) is 10.7. The minimum atomic E-state index is 0.160. The predicted octanol–water partition coefficient (Wildman–Crippen LogP) is 0.732. The second-order valence-corrected chi connectivity index (χ2v) is 4.33. The van der Waals surface area contributed by atoms with Gasteiger partial charge in [0.2, 0.25) is 11.8 Å². The fourth-order valence-corrected chi connectivity index (χ4v) is 1.60. The first-order valence-corrected chi connectivity index (χ1v) is 6.10. The Hall–Kier alpha value is -1.85. The molecule has 1 saturated carbocycles. The van der Waals surface area contributed by atoms with Crippen molar-refractivity contribution in [1.82, 2.24) is 15.3 Å². The van der Waals surface area contributed by atoms with Gasteiger partial charge in [-0.1, -0.05) is 0 Å². The van der Waals surface area contributed by atoms with Crippen LogP contribution in [-0.2, 0) is 4.79 Å². The molecule has 1 amide bonds. The molecule has 0 aromatic carbocycles. The van der Waals surface area contributed by atoms with Gasteiger partial charge >= 0.3 is 0 Å². The molecule has 2 rings (SSSR count). The summed E-state index contributed by atoms with van der Waals surface area (Å²) in [7, 11) is 1.57. The highest BCUT2D eigenvalue weighted by Crippen LogP contribution is 2.28. The van der Waals surface area contributed by atoms with Crippen molar-refractivity contribution in [2.75, 3.05) is 25.5 Å². The van der Waals surface area contributed by atoms with Crippen molar-refractivity contribution >= 4 is 11.7 Å². The van der Waals surface area contributed by atoms with Crippen LogP contribution in [0, 0.1) is 12.8 Å². The van der Waals surface area contributed by atoms with E-state index in [-0.39, 0.29) is 11.8 Å². The molecular weight excluding hydrogens is 232 g/mol. The average Bonchev–Trinajstić information content (AvgIpc) is 3.17. The number of amides is 1. The summed E-state index contributed by atoms with van der Waals surface area (Å²) in [5.41, 5.74) is 0. The number of hydrogen-bond acceptors (Lipinski definition) is 5. The van der Waals surface area contributed by atoms with Gasteiger partial charge in [-0.2, -0.15) is 4.98 Å². The van der Waals surface area contributed by atoms with E-state index in [1.807, 2.05) is 6.92 Å². The van der Waals surface area contributed by atoms with E-state index in [1.165, 1.54) is 0 Å². The summed E-state index contributed by atoms with van der Waals surface area (Å²) in [4.78, 5) is 19.7. The summed E-state index contributed by atoms with van der Waals surface area (Å²) < 4.78 is 5.06. The molecule has 6 heteroatoms. The third-order valence-electron chi connectivity index (χ3n) is 2.70. The average molecular weight is 250 g/mol. The maximum Gasteiger partial charge on any atom is 0.223 e. The standard InChI is InChI=1S/C12H18N4O2/c1-8-15-10(7-11(16-8)18-2)13-5-6-14-12(17)9-3-4-9/h7,9H,3-6H2,1-2H3,(H,14,17)(H,13,15,16). The van der Waals surface area contributed by atoms with Gasteiger partial charge in [0.15, 0.2) is 0 Å². The lowest BCUT2D eigenvalue weighted by Gasteiger charge is -2.08. The Bertz CT molecular complexity index is 432. The van der Waals surface area contributed by atoms with Gasteiger partial charge in [0, 0.05) is 25.1 Å². The second-order valence-electron chi connectivity index (χ2n) is 4.33. The zero-order valence-electron chi connectivity index (χ0n) is 10.7. The molecular formula is C12H18N4O2. The Morgan fingerprint density at radius 2 is 2.22 bits per heavy atom. The number of aryl methyl sites for hydroxylation is 1. The highest BCUT2D eigenvalue weighted by molar-refractivity contribution is 5.80. The molecule has 98 valence electrons. The van der Waals surface area contributed by atoms with E-state index in [0.29, 0.717) is 30.6 Å². The number of aromatic nitrogens is 2. The number of nitrogens with one attached hydrogen (secondary N) is 2. The summed E-state index contributed by atoms with van der Waals surface area (Å²) in [6, 6.07) is 1.73. The number of rotatable bonds is 6. The van der Waals surface area contributed by atoms with E-state index in [9.17, 15) is 4.79 Å². The van der Waals surface area contributed by atoms with Crippen LogP contribution >= 0.6 is 0 Å². The highest BCUT2D eigenvalue weighted by Gasteiger charge is 2.28. The quantitative estimate of drug-likeness (QED) is 0.728. The first kappa shape index (κ1) is 12.6. The number of anilines is 1. The summed E-state index contributed by atoms with van der Waals surface area (Å²) >= 11 is 0. The van der Waals surface area contributed by atoms with Crippen molar-refractivity contribution in [2.45, 2.75) is 19.8 Å². The zero-order chi connectivity index (χ0) is 13.0. The Balaban J connectivity index is 1.75. The lowest BCUT2D eigenvalue weighted by atomic mass is 10.4. The summed E-state index contributed by atoms with van der Waals surface area (Å²) in [5.74, 6) is 2.31. The fourth-order valence-electron chi connectivity index (χ4n) is 1.60. The molecule has 0 aliphatic heterocycles. The van der Waals surface area contributed by atoms with Gasteiger partial charge < -0.3 is 15.4 Å². The van der Waals surface area contributed by atoms with Crippen LogP contribution in [0.3, 0.4) is 0 Å². The van der Waals surface area contributed by atoms with E-state index in [1.54, 1.807) is 13.2 Å². The predicted molar refractivity (Wildman–Crippen MR) is 67.5 cm³/mol. The molecule has 0 spiro atoms. The van der Waals surface area contributed by atoms with Crippen molar-refractivity contribution in [2.24, 2.45) is 5.92 Å². The molecule has 0 bridgehead atoms. The Morgan fingerprint density at radius 1 is 1.44 bits per heavy atom. The molecule has 1 aliphatic carbocycles. The molecule has 18 heavy (non-hydrogen) atoms. The molecule has 0 saturated heterocycles. The van der Waals surface area contributed by atoms with Crippen molar-refractivity contribution in [3.8, 4) is 5.88 Å². The molecule has 1 aromatic heterocycles. The number of carbonyl (C=O) groups is 1. The first-order chi connectivity index (χ1) is 8.69. The van der Waals surface area contributed by atoms with Crippen LogP contribution < -0.4 is 15.4 Å². The molecule has 1 heterocycles. The summed E-state index contributed by atoms with van der Waals surface area (Å²) in [5, 5.41) is 6.01. The molecule has 1 aromatic rings. The molecule has 0 atom stereocenters. The van der Waals surface area contributed by atoms with Crippen molar-refractivity contribution in [3.63, 3.8) is 0 Å². The molecule has 1 fully saturated rings. The SMILES string of the molecule is COc1cc(NCCNC(=O)C2CC2)nc(C)n1. The smallest absolute Gasteiger partial charge is 0.223 e. The molecule has 6 nitrogen and oxygen atoms in total. The van der Waals surface area contributed by atoms with E-state index >= 15 is 0 Å². The van der Waals surface area contributed by atoms with E-state index in [2.05, 4.69) is 20.6 Å². The van der Waals surface area contributed by atoms with E-state index < -0.39 is 0 Å². The molecule has 1 aliphatic rings. The van der Waals surface area contributed by atoms with Gasteiger partial charge in [0.25, 0.3) is 0 Å². The van der Waals surface area contributed by atoms with Crippen LogP contribution in [0.15, 0.2) is 6.07 Å². The van der Waals surface area contributed by atoms with Gasteiger partial charge in [-0.15, -0.1) is 0 Å². The number of methoxy groups -OCH3 is 1. The normalized spacial score (nSPS) is 14.1. The van der Waals surface area contributed by atoms with Gasteiger partial charge in [-0.3, -0.25) is 4.79 Å². The van der Waals surface area contributed by atoms with E-state index in [0.717, 1.165) is 12.8 Å². The lowest BCUT2D eigenvalue weighted by molar-refractivity contribution is -0.122. The minimum absolute atomic E-state index is 0.160. The maximum absolute atomic E-state index is 11.4. The number of ether oxygens (including phenoxy) is 1. The fraction of sp³-hybridized carbons (Fsp3) is 0.583. The monoisotopic (exact) mass is 250 g/mol. The summed E-state index contributed by atoms with van der Waals surface area (Å²) in [6.45, 7) is 3.04. The Morgan fingerprint density at radius 3 is 2.89 bits per heavy atom. The van der Waals surface area contributed by atoms with Crippen LogP contribution in [0.5, 0.6) is 5.88 Å². The Labute approximate surface area is 106 Å². The highest BCUT2D eigenvalue weighted by atomic mass is 16.5. The lowest BCUT2D eigenvalue weighted by Crippen LogP contribution is -2.30. The van der Waals surface area contributed by atoms with E-state index in [4.69, 9.17) is 4.74 Å². The third-order valence-corrected chi connectivity index (χ3v) is 2.70. The summed E-state index contributed by atoms with van der Waals surface area (Å²) in [6.07, 6.45) is 2.06. The topological polar surface area (TPSA) is 76.1 Å². The van der Waals surface area contributed by atoms with Crippen LogP contribution in [0.1, 0.15) is 18.7 Å². The Kier molecular flexibility index (Phi) is 3.96. The van der Waals surface area contributed by atoms with Crippen molar-refractivity contribution in [3.05, 3.63) is 11.9 Å². The third kappa shape index (κ3) is 3.58. The number of hydrogen-bond donors (Lipinski definition) is 2.